The highest BCUT2D eigenvalue weighted by Crippen LogP contribution is 2.40. The minimum absolute atomic E-state index is 0.0493. The Balaban J connectivity index is 1.27. The molecule has 2 heterocycles. The van der Waals surface area contributed by atoms with Crippen LogP contribution in [0.2, 0.25) is 0 Å². The van der Waals surface area contributed by atoms with E-state index in [0.717, 1.165) is 36.8 Å². The van der Waals surface area contributed by atoms with E-state index in [0.29, 0.717) is 5.92 Å². The van der Waals surface area contributed by atoms with Gasteiger partial charge in [-0.2, -0.15) is 5.10 Å². The predicted molar refractivity (Wildman–Crippen MR) is 127 cm³/mol. The van der Waals surface area contributed by atoms with Gasteiger partial charge in [-0.05, 0) is 56.5 Å². The Morgan fingerprint density at radius 2 is 1.69 bits per heavy atom. The van der Waals surface area contributed by atoms with Gasteiger partial charge in [0.2, 0.25) is 5.91 Å². The van der Waals surface area contributed by atoms with Gasteiger partial charge in [-0.1, -0.05) is 48.5 Å². The lowest BCUT2D eigenvalue weighted by molar-refractivity contribution is -0.115. The van der Waals surface area contributed by atoms with E-state index >= 15 is 0 Å². The highest BCUT2D eigenvalue weighted by Gasteiger charge is 2.28. The van der Waals surface area contributed by atoms with Gasteiger partial charge in [0.25, 0.3) is 0 Å². The second kappa shape index (κ2) is 9.67. The van der Waals surface area contributed by atoms with Crippen molar-refractivity contribution in [2.45, 2.75) is 37.6 Å². The Morgan fingerprint density at radius 1 is 1.00 bits per heavy atom. The summed E-state index contributed by atoms with van der Waals surface area (Å²) < 4.78 is 1.85. The number of carbonyl (C=O) groups excluding carboxylic acids is 1. The molecule has 2 aromatic carbocycles. The first-order valence-corrected chi connectivity index (χ1v) is 11.7. The number of para-hydroxylation sites is 1. The van der Waals surface area contributed by atoms with Gasteiger partial charge in [0, 0.05) is 24.6 Å². The summed E-state index contributed by atoms with van der Waals surface area (Å²) in [7, 11) is 0. The van der Waals surface area contributed by atoms with Gasteiger partial charge in [0.05, 0.1) is 17.9 Å². The van der Waals surface area contributed by atoms with Crippen LogP contribution >= 0.6 is 0 Å². The largest absolute Gasteiger partial charge is 0.309 e. The van der Waals surface area contributed by atoms with Crippen LogP contribution < -0.4 is 10.6 Å². The maximum absolute atomic E-state index is 12.9. The number of hydrogen-bond acceptors (Lipinski definition) is 4. The van der Waals surface area contributed by atoms with Crippen LogP contribution in [0, 0.1) is 0 Å². The van der Waals surface area contributed by atoms with Crippen molar-refractivity contribution in [1.82, 2.24) is 20.0 Å². The highest BCUT2D eigenvalue weighted by atomic mass is 16.2. The van der Waals surface area contributed by atoms with Crippen LogP contribution in [0.5, 0.6) is 0 Å². The lowest BCUT2D eigenvalue weighted by atomic mass is 10.1. The molecule has 0 bridgehead atoms. The summed E-state index contributed by atoms with van der Waals surface area (Å²) in [5, 5.41) is 11.4. The maximum Gasteiger partial charge on any atom is 0.239 e. The molecule has 5 rings (SSSR count). The first-order valence-electron chi connectivity index (χ1n) is 11.7. The molecule has 32 heavy (non-hydrogen) atoms. The third-order valence-corrected chi connectivity index (χ3v) is 6.34. The molecule has 1 aromatic heterocycles. The molecule has 0 spiro atoms. The molecule has 2 fully saturated rings. The minimum atomic E-state index is -0.0493. The minimum Gasteiger partial charge on any atom is -0.309 e. The second-order valence-corrected chi connectivity index (χ2v) is 8.88. The topological polar surface area (TPSA) is 62.2 Å². The number of aromatic nitrogens is 2. The molecule has 1 saturated heterocycles. The molecule has 6 heteroatoms. The zero-order valence-corrected chi connectivity index (χ0v) is 18.4. The second-order valence-electron chi connectivity index (χ2n) is 8.88. The van der Waals surface area contributed by atoms with Crippen molar-refractivity contribution in [1.29, 1.82) is 0 Å². The zero-order valence-electron chi connectivity index (χ0n) is 18.4. The lowest BCUT2D eigenvalue weighted by Crippen LogP contribution is -2.38. The summed E-state index contributed by atoms with van der Waals surface area (Å²) in [6, 6.07) is 22.6. The van der Waals surface area contributed by atoms with Crippen molar-refractivity contribution in [2.75, 3.05) is 31.5 Å². The number of likely N-dealkylation sites (tertiary alicyclic amines) is 1. The Hall–Kier alpha value is -2.96. The van der Waals surface area contributed by atoms with Crippen LogP contribution in [-0.4, -0.2) is 46.8 Å². The monoisotopic (exact) mass is 429 g/mol. The van der Waals surface area contributed by atoms with Crippen molar-refractivity contribution in [3.8, 4) is 5.69 Å². The van der Waals surface area contributed by atoms with E-state index in [-0.39, 0.29) is 18.5 Å². The van der Waals surface area contributed by atoms with Gasteiger partial charge >= 0.3 is 0 Å². The van der Waals surface area contributed by atoms with Gasteiger partial charge in [-0.3, -0.25) is 4.79 Å². The Labute approximate surface area is 189 Å². The number of benzene rings is 2. The number of carbonyl (C=O) groups is 1. The summed E-state index contributed by atoms with van der Waals surface area (Å²) in [5.41, 5.74) is 3.24. The number of nitrogens with one attached hydrogen (secondary N) is 2. The SMILES string of the molecule is O=C(CN[C@@H](CN1CCCC1)c1ccccc1)Nc1cc(C2CC2)nn1-c1ccccc1. The molecule has 3 aromatic rings. The van der Waals surface area contributed by atoms with Crippen LogP contribution in [0.3, 0.4) is 0 Å². The van der Waals surface area contributed by atoms with E-state index in [2.05, 4.69) is 39.8 Å². The summed E-state index contributed by atoms with van der Waals surface area (Å²) in [5.74, 6) is 1.21. The molecule has 0 unspecified atom stereocenters. The van der Waals surface area contributed by atoms with Crippen molar-refractivity contribution in [2.24, 2.45) is 0 Å². The number of nitrogens with zero attached hydrogens (tertiary/aromatic N) is 3. The molecular formula is C26H31N5O. The molecule has 2 aliphatic rings. The smallest absolute Gasteiger partial charge is 0.239 e. The van der Waals surface area contributed by atoms with Gasteiger partial charge < -0.3 is 15.5 Å². The van der Waals surface area contributed by atoms with Gasteiger partial charge in [0.15, 0.2) is 0 Å². The van der Waals surface area contributed by atoms with E-state index in [9.17, 15) is 4.79 Å². The fourth-order valence-corrected chi connectivity index (χ4v) is 4.43. The maximum atomic E-state index is 12.9. The summed E-state index contributed by atoms with van der Waals surface area (Å²) in [6.45, 7) is 3.45. The molecule has 166 valence electrons. The fraction of sp³-hybridized carbons (Fsp3) is 0.385. The molecule has 1 saturated carbocycles. The van der Waals surface area contributed by atoms with Crippen LogP contribution in [0.15, 0.2) is 66.7 Å². The average molecular weight is 430 g/mol. The van der Waals surface area contributed by atoms with Gasteiger partial charge in [0.1, 0.15) is 5.82 Å². The molecule has 2 N–H and O–H groups in total. The summed E-state index contributed by atoms with van der Waals surface area (Å²) in [4.78, 5) is 15.4. The lowest BCUT2D eigenvalue weighted by Gasteiger charge is -2.25. The summed E-state index contributed by atoms with van der Waals surface area (Å²) >= 11 is 0. The van der Waals surface area contributed by atoms with Gasteiger partial charge in [-0.25, -0.2) is 4.68 Å². The average Bonchev–Trinajstić information content (AvgIpc) is 3.39. The van der Waals surface area contributed by atoms with Crippen molar-refractivity contribution in [3.63, 3.8) is 0 Å². The number of rotatable bonds is 9. The highest BCUT2D eigenvalue weighted by molar-refractivity contribution is 5.91. The quantitative estimate of drug-likeness (QED) is 0.537. The molecule has 6 nitrogen and oxygen atoms in total. The van der Waals surface area contributed by atoms with E-state index < -0.39 is 0 Å². The van der Waals surface area contributed by atoms with E-state index in [1.807, 2.05) is 47.1 Å². The van der Waals surface area contributed by atoms with E-state index in [1.165, 1.54) is 31.2 Å². The van der Waals surface area contributed by atoms with Crippen LogP contribution in [0.1, 0.15) is 48.9 Å². The zero-order chi connectivity index (χ0) is 21.8. The molecule has 1 amide bonds. The molecule has 0 radical (unpaired) electrons. The number of anilines is 1. The molecule has 1 aliphatic carbocycles. The van der Waals surface area contributed by atoms with Crippen molar-refractivity contribution in [3.05, 3.63) is 78.0 Å². The van der Waals surface area contributed by atoms with Crippen LogP contribution in [-0.2, 0) is 4.79 Å². The Bertz CT molecular complexity index is 1020. The van der Waals surface area contributed by atoms with Crippen molar-refractivity contribution >= 4 is 11.7 Å². The first kappa shape index (κ1) is 20.9. The van der Waals surface area contributed by atoms with Gasteiger partial charge in [-0.15, -0.1) is 0 Å². The molecular weight excluding hydrogens is 398 g/mol. The number of hydrogen-bond donors (Lipinski definition) is 2. The first-order chi connectivity index (χ1) is 15.8. The number of amides is 1. The standard InChI is InChI=1S/C26H31N5O/c32-26(18-27-24(19-30-15-7-8-16-30)20-9-3-1-4-10-20)28-25-17-23(21-13-14-21)29-31(25)22-11-5-2-6-12-22/h1-6,9-12,17,21,24,27H,7-8,13-16,18-19H2,(H,28,32)/t24-/m0/s1. The molecule has 1 atom stereocenters. The summed E-state index contributed by atoms with van der Waals surface area (Å²) in [6.07, 6.45) is 4.87. The Morgan fingerprint density at radius 3 is 2.38 bits per heavy atom. The molecule has 1 aliphatic heterocycles. The third-order valence-electron chi connectivity index (χ3n) is 6.34. The van der Waals surface area contributed by atoms with Crippen molar-refractivity contribution < 1.29 is 4.79 Å². The fourth-order valence-electron chi connectivity index (χ4n) is 4.43. The Kier molecular flexibility index (Phi) is 6.32. The predicted octanol–water partition coefficient (Wildman–Crippen LogP) is 4.11. The van der Waals surface area contributed by atoms with E-state index in [1.54, 1.807) is 0 Å². The normalized spacial score (nSPS) is 17.4. The van der Waals surface area contributed by atoms with Crippen LogP contribution in [0.4, 0.5) is 5.82 Å². The van der Waals surface area contributed by atoms with Crippen LogP contribution in [0.25, 0.3) is 5.69 Å². The third kappa shape index (κ3) is 5.09. The van der Waals surface area contributed by atoms with E-state index in [4.69, 9.17) is 5.10 Å².